The quantitative estimate of drug-likeness (QED) is 0.640. The normalized spacial score (nSPS) is 11.8. The Balaban J connectivity index is 1.76. The molecule has 1 amide bonds. The van der Waals surface area contributed by atoms with Gasteiger partial charge in [-0.15, -0.1) is 0 Å². The number of aromatic nitrogens is 1. The Labute approximate surface area is 159 Å². The number of hydrogen-bond donors (Lipinski definition) is 1. The highest BCUT2D eigenvalue weighted by molar-refractivity contribution is 9.10. The summed E-state index contributed by atoms with van der Waals surface area (Å²) < 4.78 is 6.22. The van der Waals surface area contributed by atoms with Crippen LogP contribution in [0.5, 0.6) is 0 Å². The van der Waals surface area contributed by atoms with Crippen molar-refractivity contribution in [3.05, 3.63) is 70.3 Å². The highest BCUT2D eigenvalue weighted by Gasteiger charge is 2.21. The number of carbonyl (C=O) groups excluding carboxylic acids is 2. The van der Waals surface area contributed by atoms with Crippen LogP contribution in [0.3, 0.4) is 0 Å². The molecule has 0 spiro atoms. The molecule has 6 heteroatoms. The predicted molar refractivity (Wildman–Crippen MR) is 104 cm³/mol. The number of rotatable bonds is 4. The molecule has 0 unspecified atom stereocenters. The molecule has 0 aliphatic rings. The SMILES string of the molecule is Cc1cc(C(=O)O[C@@H](C)C(=O)Nc2cccc(Br)c2)c2ccccc2n1. The number of aryl methyl sites for hydroxylation is 1. The summed E-state index contributed by atoms with van der Waals surface area (Å²) in [5.74, 6) is -0.949. The smallest absolute Gasteiger partial charge is 0.339 e. The molecular formula is C20H17BrN2O3. The summed E-state index contributed by atoms with van der Waals surface area (Å²) in [6.45, 7) is 3.36. The van der Waals surface area contributed by atoms with Gasteiger partial charge in [-0.1, -0.05) is 40.2 Å². The molecule has 2 aromatic carbocycles. The number of nitrogens with one attached hydrogen (secondary N) is 1. The van der Waals surface area contributed by atoms with Crippen molar-refractivity contribution in [2.24, 2.45) is 0 Å². The lowest BCUT2D eigenvalue weighted by Crippen LogP contribution is -2.30. The lowest BCUT2D eigenvalue weighted by molar-refractivity contribution is -0.123. The molecule has 3 rings (SSSR count). The summed E-state index contributed by atoms with van der Waals surface area (Å²) in [7, 11) is 0. The second kappa shape index (κ2) is 7.66. The zero-order chi connectivity index (χ0) is 18.7. The van der Waals surface area contributed by atoms with Crippen molar-refractivity contribution in [1.82, 2.24) is 4.98 Å². The van der Waals surface area contributed by atoms with Gasteiger partial charge in [-0.3, -0.25) is 9.78 Å². The van der Waals surface area contributed by atoms with Crippen LogP contribution in [0.2, 0.25) is 0 Å². The molecule has 0 aliphatic heterocycles. The second-order valence-electron chi connectivity index (χ2n) is 5.88. The Kier molecular flexibility index (Phi) is 5.32. The Morgan fingerprint density at radius 1 is 1.12 bits per heavy atom. The van der Waals surface area contributed by atoms with Crippen LogP contribution < -0.4 is 5.32 Å². The predicted octanol–water partition coefficient (Wildman–Crippen LogP) is 4.49. The van der Waals surface area contributed by atoms with Crippen molar-refractivity contribution in [3.63, 3.8) is 0 Å². The highest BCUT2D eigenvalue weighted by atomic mass is 79.9. The lowest BCUT2D eigenvalue weighted by Gasteiger charge is -2.15. The van der Waals surface area contributed by atoms with Crippen LogP contribution in [0.15, 0.2) is 59.1 Å². The van der Waals surface area contributed by atoms with Crippen LogP contribution in [0.25, 0.3) is 10.9 Å². The van der Waals surface area contributed by atoms with Crippen molar-refractivity contribution in [2.75, 3.05) is 5.32 Å². The molecule has 0 fully saturated rings. The molecule has 132 valence electrons. The lowest BCUT2D eigenvalue weighted by atomic mass is 10.1. The number of para-hydroxylation sites is 1. The number of nitrogens with zero attached hydrogens (tertiary/aromatic N) is 1. The zero-order valence-electron chi connectivity index (χ0n) is 14.3. The molecule has 0 saturated heterocycles. The number of hydrogen-bond acceptors (Lipinski definition) is 4. The second-order valence-corrected chi connectivity index (χ2v) is 6.79. The van der Waals surface area contributed by atoms with Gasteiger partial charge in [0.2, 0.25) is 0 Å². The van der Waals surface area contributed by atoms with Gasteiger partial charge in [-0.2, -0.15) is 0 Å². The Morgan fingerprint density at radius 2 is 1.88 bits per heavy atom. The fraction of sp³-hybridized carbons (Fsp3) is 0.150. The van der Waals surface area contributed by atoms with E-state index in [-0.39, 0.29) is 0 Å². The van der Waals surface area contributed by atoms with Crippen molar-refractivity contribution in [3.8, 4) is 0 Å². The minimum absolute atomic E-state index is 0.397. The summed E-state index contributed by atoms with van der Waals surface area (Å²) in [6, 6.07) is 16.2. The van der Waals surface area contributed by atoms with Crippen LogP contribution in [0.1, 0.15) is 23.0 Å². The standard InChI is InChI=1S/C20H17BrN2O3/c1-12-10-17(16-8-3-4-9-18(16)22-12)20(25)26-13(2)19(24)23-15-7-5-6-14(21)11-15/h3-11,13H,1-2H3,(H,23,24)/t13-/m0/s1. The first-order valence-electron chi connectivity index (χ1n) is 8.08. The molecule has 0 saturated carbocycles. The summed E-state index contributed by atoms with van der Waals surface area (Å²) in [6.07, 6.45) is -0.936. The Morgan fingerprint density at radius 3 is 2.65 bits per heavy atom. The van der Waals surface area contributed by atoms with Gasteiger partial charge in [0.25, 0.3) is 5.91 Å². The third-order valence-corrected chi connectivity index (χ3v) is 4.30. The topological polar surface area (TPSA) is 68.3 Å². The van der Waals surface area contributed by atoms with E-state index in [4.69, 9.17) is 4.74 Å². The number of pyridine rings is 1. The van der Waals surface area contributed by atoms with Crippen molar-refractivity contribution >= 4 is 44.4 Å². The van der Waals surface area contributed by atoms with Crippen LogP contribution in [-0.2, 0) is 9.53 Å². The van der Waals surface area contributed by atoms with Crippen LogP contribution in [0, 0.1) is 6.92 Å². The molecule has 1 N–H and O–H groups in total. The number of esters is 1. The number of halogens is 1. The largest absolute Gasteiger partial charge is 0.449 e. The third kappa shape index (κ3) is 4.08. The maximum Gasteiger partial charge on any atom is 0.339 e. The molecule has 26 heavy (non-hydrogen) atoms. The number of carbonyl (C=O) groups is 2. The van der Waals surface area contributed by atoms with Gasteiger partial charge in [0.05, 0.1) is 11.1 Å². The number of amides is 1. The maximum atomic E-state index is 12.6. The number of fused-ring (bicyclic) bond motifs is 1. The molecule has 5 nitrogen and oxygen atoms in total. The van der Waals surface area contributed by atoms with Gasteiger partial charge in [-0.05, 0) is 44.2 Å². The van der Waals surface area contributed by atoms with Crippen LogP contribution >= 0.6 is 15.9 Å². The molecule has 0 radical (unpaired) electrons. The van der Waals surface area contributed by atoms with Crippen LogP contribution in [0.4, 0.5) is 5.69 Å². The molecule has 1 atom stereocenters. The van der Waals surface area contributed by atoms with Gasteiger partial charge in [0.1, 0.15) is 0 Å². The van der Waals surface area contributed by atoms with E-state index in [0.717, 1.165) is 4.47 Å². The third-order valence-electron chi connectivity index (χ3n) is 3.81. The minimum Gasteiger partial charge on any atom is -0.449 e. The first-order valence-corrected chi connectivity index (χ1v) is 8.87. The molecule has 0 bridgehead atoms. The van der Waals surface area contributed by atoms with E-state index in [9.17, 15) is 9.59 Å². The number of anilines is 1. The average Bonchev–Trinajstić information content (AvgIpc) is 2.60. The summed E-state index contributed by atoms with van der Waals surface area (Å²) in [4.78, 5) is 29.3. The summed E-state index contributed by atoms with van der Waals surface area (Å²) in [5.41, 5.74) is 2.44. The van der Waals surface area contributed by atoms with Crippen molar-refractivity contribution < 1.29 is 14.3 Å². The molecule has 1 aromatic heterocycles. The fourth-order valence-corrected chi connectivity index (χ4v) is 2.96. The molecule has 1 heterocycles. The number of benzene rings is 2. The Hall–Kier alpha value is -2.73. The maximum absolute atomic E-state index is 12.6. The van der Waals surface area contributed by atoms with E-state index in [2.05, 4.69) is 26.2 Å². The first-order chi connectivity index (χ1) is 12.4. The minimum atomic E-state index is -0.936. The van der Waals surface area contributed by atoms with Gasteiger partial charge >= 0.3 is 5.97 Å². The zero-order valence-corrected chi connectivity index (χ0v) is 15.9. The summed E-state index contributed by atoms with van der Waals surface area (Å²) >= 11 is 3.35. The van der Waals surface area contributed by atoms with E-state index in [0.29, 0.717) is 27.8 Å². The highest BCUT2D eigenvalue weighted by Crippen LogP contribution is 2.20. The Bertz CT molecular complexity index is 988. The van der Waals surface area contributed by atoms with E-state index in [1.807, 2.05) is 43.3 Å². The van der Waals surface area contributed by atoms with E-state index >= 15 is 0 Å². The van der Waals surface area contributed by atoms with Gasteiger partial charge in [0.15, 0.2) is 6.10 Å². The average molecular weight is 413 g/mol. The first kappa shape index (κ1) is 18.1. The number of ether oxygens (including phenoxy) is 1. The van der Waals surface area contributed by atoms with Gasteiger partial charge in [-0.25, -0.2) is 4.79 Å². The fourth-order valence-electron chi connectivity index (χ4n) is 2.56. The van der Waals surface area contributed by atoms with Gasteiger partial charge < -0.3 is 10.1 Å². The van der Waals surface area contributed by atoms with E-state index in [1.54, 1.807) is 25.1 Å². The van der Waals surface area contributed by atoms with Crippen molar-refractivity contribution in [1.29, 1.82) is 0 Å². The van der Waals surface area contributed by atoms with Gasteiger partial charge in [0, 0.05) is 21.2 Å². The molecule has 0 aliphatic carbocycles. The molecular weight excluding hydrogens is 396 g/mol. The monoisotopic (exact) mass is 412 g/mol. The summed E-state index contributed by atoms with van der Waals surface area (Å²) in [5, 5.41) is 3.43. The van der Waals surface area contributed by atoms with Crippen molar-refractivity contribution in [2.45, 2.75) is 20.0 Å². The molecule has 3 aromatic rings. The van der Waals surface area contributed by atoms with E-state index in [1.165, 1.54) is 0 Å². The van der Waals surface area contributed by atoms with E-state index < -0.39 is 18.0 Å². The van der Waals surface area contributed by atoms with Crippen LogP contribution in [-0.4, -0.2) is 23.0 Å².